The largest absolute Gasteiger partial charge is 0.384 e. The Morgan fingerprint density at radius 3 is 2.57 bits per heavy atom. The molecule has 0 aliphatic carbocycles. The van der Waals surface area contributed by atoms with Crippen molar-refractivity contribution in [3.8, 4) is 6.07 Å². The highest BCUT2D eigenvalue weighted by Gasteiger charge is 2.18. The van der Waals surface area contributed by atoms with Gasteiger partial charge in [-0.05, 0) is 17.7 Å². The first kappa shape index (κ1) is 13.4. The standard InChI is InChI=1S/C14H11BrN6/c15-9-3-1-8(2-4-9)6-21-13(18)10(5-16)11-12(17)19-7-20-14(11)21/h1-4,7H,6,18H2,(H2,17,19,20). The second kappa shape index (κ2) is 5.07. The SMILES string of the molecule is N#Cc1c(N)n(Cc2ccc(Br)cc2)c2ncnc(N)c12. The molecule has 6 nitrogen and oxygen atoms in total. The number of fused-ring (bicyclic) bond motifs is 1. The number of anilines is 2. The van der Waals surface area contributed by atoms with E-state index in [-0.39, 0.29) is 5.82 Å². The summed E-state index contributed by atoms with van der Waals surface area (Å²) in [6.07, 6.45) is 1.37. The predicted octanol–water partition coefficient (Wildman–Crippen LogP) is 2.28. The summed E-state index contributed by atoms with van der Waals surface area (Å²) in [4.78, 5) is 8.15. The fourth-order valence-electron chi connectivity index (χ4n) is 2.26. The van der Waals surface area contributed by atoms with E-state index in [1.165, 1.54) is 6.33 Å². The summed E-state index contributed by atoms with van der Waals surface area (Å²) in [5, 5.41) is 9.80. The van der Waals surface area contributed by atoms with Gasteiger partial charge >= 0.3 is 0 Å². The molecule has 104 valence electrons. The van der Waals surface area contributed by atoms with Crippen LogP contribution in [0, 0.1) is 11.3 Å². The molecule has 0 amide bonds. The highest BCUT2D eigenvalue weighted by atomic mass is 79.9. The van der Waals surface area contributed by atoms with Crippen LogP contribution in [0.15, 0.2) is 35.1 Å². The van der Waals surface area contributed by atoms with Crippen LogP contribution in [-0.2, 0) is 6.54 Å². The zero-order valence-electron chi connectivity index (χ0n) is 10.9. The molecule has 0 radical (unpaired) electrons. The van der Waals surface area contributed by atoms with E-state index in [2.05, 4.69) is 32.0 Å². The number of nitriles is 1. The molecule has 0 aliphatic heterocycles. The van der Waals surface area contributed by atoms with E-state index in [4.69, 9.17) is 11.5 Å². The van der Waals surface area contributed by atoms with Crippen LogP contribution in [0.1, 0.15) is 11.1 Å². The van der Waals surface area contributed by atoms with Gasteiger partial charge in [-0.1, -0.05) is 28.1 Å². The summed E-state index contributed by atoms with van der Waals surface area (Å²) in [5.74, 6) is 0.612. The van der Waals surface area contributed by atoms with Crippen LogP contribution in [0.5, 0.6) is 0 Å². The van der Waals surface area contributed by atoms with Gasteiger partial charge in [0.15, 0.2) is 0 Å². The van der Waals surface area contributed by atoms with E-state index in [9.17, 15) is 5.26 Å². The summed E-state index contributed by atoms with van der Waals surface area (Å²) in [7, 11) is 0. The average molecular weight is 343 g/mol. The highest BCUT2D eigenvalue weighted by Crippen LogP contribution is 2.30. The van der Waals surface area contributed by atoms with Gasteiger partial charge < -0.3 is 16.0 Å². The van der Waals surface area contributed by atoms with Gasteiger partial charge in [-0.15, -0.1) is 0 Å². The lowest BCUT2D eigenvalue weighted by atomic mass is 10.2. The smallest absolute Gasteiger partial charge is 0.148 e. The van der Waals surface area contributed by atoms with Crippen LogP contribution in [0.3, 0.4) is 0 Å². The Morgan fingerprint density at radius 1 is 1.19 bits per heavy atom. The number of nitrogens with zero attached hydrogens (tertiary/aromatic N) is 4. The molecule has 1 aromatic carbocycles. The molecule has 0 saturated carbocycles. The van der Waals surface area contributed by atoms with Crippen LogP contribution in [-0.4, -0.2) is 14.5 Å². The van der Waals surface area contributed by atoms with E-state index < -0.39 is 0 Å². The number of hydrogen-bond donors (Lipinski definition) is 2. The predicted molar refractivity (Wildman–Crippen MR) is 84.3 cm³/mol. The van der Waals surface area contributed by atoms with Crippen LogP contribution in [0.2, 0.25) is 0 Å². The molecule has 3 aromatic rings. The highest BCUT2D eigenvalue weighted by molar-refractivity contribution is 9.10. The van der Waals surface area contributed by atoms with Crippen molar-refractivity contribution in [3.63, 3.8) is 0 Å². The normalized spacial score (nSPS) is 10.7. The minimum Gasteiger partial charge on any atom is -0.384 e. The molecule has 4 N–H and O–H groups in total. The zero-order valence-corrected chi connectivity index (χ0v) is 12.5. The molecule has 2 heterocycles. The van der Waals surface area contributed by atoms with Crippen molar-refractivity contribution in [2.45, 2.75) is 6.54 Å². The van der Waals surface area contributed by atoms with Crippen LogP contribution in [0.4, 0.5) is 11.6 Å². The van der Waals surface area contributed by atoms with Crippen LogP contribution < -0.4 is 11.5 Å². The van der Waals surface area contributed by atoms with Crippen LogP contribution in [0.25, 0.3) is 11.0 Å². The van der Waals surface area contributed by atoms with Gasteiger partial charge in [-0.3, -0.25) is 0 Å². The van der Waals surface area contributed by atoms with Crippen molar-refractivity contribution in [1.82, 2.24) is 14.5 Å². The average Bonchev–Trinajstić information content (AvgIpc) is 2.75. The third-order valence-electron chi connectivity index (χ3n) is 3.27. The number of nitrogen functional groups attached to an aromatic ring is 2. The minimum atomic E-state index is 0.262. The molecule has 2 aromatic heterocycles. The molecule has 0 spiro atoms. The summed E-state index contributed by atoms with van der Waals surface area (Å²) < 4.78 is 2.77. The number of aromatic nitrogens is 3. The molecule has 0 saturated heterocycles. The molecular formula is C14H11BrN6. The molecule has 0 unspecified atom stereocenters. The van der Waals surface area contributed by atoms with Gasteiger partial charge in [0.05, 0.1) is 11.9 Å². The minimum absolute atomic E-state index is 0.262. The maximum atomic E-state index is 9.30. The number of halogens is 1. The van der Waals surface area contributed by atoms with Gasteiger partial charge in [-0.25, -0.2) is 9.97 Å². The lowest BCUT2D eigenvalue weighted by Gasteiger charge is -2.07. The number of rotatable bonds is 2. The summed E-state index contributed by atoms with van der Waals surface area (Å²) in [5.41, 5.74) is 13.9. The van der Waals surface area contributed by atoms with E-state index in [0.29, 0.717) is 29.0 Å². The van der Waals surface area contributed by atoms with Crippen molar-refractivity contribution in [2.75, 3.05) is 11.5 Å². The third kappa shape index (κ3) is 2.19. The monoisotopic (exact) mass is 342 g/mol. The number of benzene rings is 1. The van der Waals surface area contributed by atoms with Crippen molar-refractivity contribution >= 4 is 38.6 Å². The lowest BCUT2D eigenvalue weighted by molar-refractivity contribution is 0.834. The Labute approximate surface area is 129 Å². The fourth-order valence-corrected chi connectivity index (χ4v) is 2.52. The zero-order chi connectivity index (χ0) is 15.0. The number of hydrogen-bond acceptors (Lipinski definition) is 5. The molecule has 3 rings (SSSR count). The summed E-state index contributed by atoms with van der Waals surface area (Å²) in [6, 6.07) is 9.94. The summed E-state index contributed by atoms with van der Waals surface area (Å²) >= 11 is 3.40. The Morgan fingerprint density at radius 2 is 1.90 bits per heavy atom. The quantitative estimate of drug-likeness (QED) is 0.742. The fraction of sp³-hybridized carbons (Fsp3) is 0.0714. The van der Waals surface area contributed by atoms with Crippen LogP contribution >= 0.6 is 15.9 Å². The summed E-state index contributed by atoms with van der Waals surface area (Å²) in [6.45, 7) is 0.508. The molecular weight excluding hydrogens is 332 g/mol. The van der Waals surface area contributed by atoms with E-state index in [1.54, 1.807) is 4.57 Å². The topological polar surface area (TPSA) is 107 Å². The first-order valence-corrected chi connectivity index (χ1v) is 6.93. The molecule has 0 aliphatic rings. The Balaban J connectivity index is 2.19. The van der Waals surface area contributed by atoms with Gasteiger partial charge in [0.1, 0.15) is 35.2 Å². The lowest BCUT2D eigenvalue weighted by Crippen LogP contribution is -2.05. The Bertz CT molecular complexity index is 860. The Hall–Kier alpha value is -2.59. The molecule has 21 heavy (non-hydrogen) atoms. The maximum Gasteiger partial charge on any atom is 0.148 e. The van der Waals surface area contributed by atoms with E-state index in [1.807, 2.05) is 24.3 Å². The number of nitrogens with two attached hydrogens (primary N) is 2. The van der Waals surface area contributed by atoms with Crippen molar-refractivity contribution in [3.05, 3.63) is 46.2 Å². The van der Waals surface area contributed by atoms with E-state index in [0.717, 1.165) is 10.0 Å². The maximum absolute atomic E-state index is 9.30. The third-order valence-corrected chi connectivity index (χ3v) is 3.80. The van der Waals surface area contributed by atoms with Crippen molar-refractivity contribution in [1.29, 1.82) is 5.26 Å². The van der Waals surface area contributed by atoms with E-state index >= 15 is 0 Å². The van der Waals surface area contributed by atoms with Crippen molar-refractivity contribution < 1.29 is 0 Å². The van der Waals surface area contributed by atoms with Gasteiger partial charge in [0, 0.05) is 4.47 Å². The molecule has 0 bridgehead atoms. The second-order valence-corrected chi connectivity index (χ2v) is 5.46. The molecule has 7 heteroatoms. The molecule has 0 atom stereocenters. The van der Waals surface area contributed by atoms with Gasteiger partial charge in [0.25, 0.3) is 0 Å². The van der Waals surface area contributed by atoms with Crippen molar-refractivity contribution in [2.24, 2.45) is 0 Å². The van der Waals surface area contributed by atoms with Gasteiger partial charge in [0.2, 0.25) is 0 Å². The Kier molecular flexibility index (Phi) is 3.23. The first-order valence-electron chi connectivity index (χ1n) is 6.14. The first-order chi connectivity index (χ1) is 10.1. The second-order valence-electron chi connectivity index (χ2n) is 4.54. The van der Waals surface area contributed by atoms with Gasteiger partial charge in [-0.2, -0.15) is 5.26 Å². The molecule has 0 fully saturated rings.